The summed E-state index contributed by atoms with van der Waals surface area (Å²) in [5.74, 6) is -2.66. The summed E-state index contributed by atoms with van der Waals surface area (Å²) in [5.41, 5.74) is -1.14. The van der Waals surface area contributed by atoms with Crippen molar-refractivity contribution < 1.29 is 27.5 Å². The van der Waals surface area contributed by atoms with Crippen LogP contribution in [-0.2, 0) is 15.1 Å². The number of esters is 1. The minimum atomic E-state index is -5.05. The molecule has 0 saturated heterocycles. The maximum Gasteiger partial charge on any atom is 0.471 e. The largest absolute Gasteiger partial charge is 0.471 e. The number of alkyl halides is 3. The summed E-state index contributed by atoms with van der Waals surface area (Å²) in [6.07, 6.45) is -4.09. The van der Waals surface area contributed by atoms with Crippen LogP contribution in [0.15, 0.2) is 60.7 Å². The average Bonchev–Trinajstić information content (AvgIpc) is 3.20. The van der Waals surface area contributed by atoms with Gasteiger partial charge >= 0.3 is 18.1 Å². The molecule has 0 radical (unpaired) electrons. The third-order valence-electron chi connectivity index (χ3n) is 5.56. The van der Waals surface area contributed by atoms with E-state index >= 15 is 0 Å². The van der Waals surface area contributed by atoms with Gasteiger partial charge < -0.3 is 10.1 Å². The van der Waals surface area contributed by atoms with Crippen LogP contribution in [0.4, 0.5) is 13.2 Å². The summed E-state index contributed by atoms with van der Waals surface area (Å²) in [4.78, 5) is 25.3. The number of hydrogen-bond acceptors (Lipinski definition) is 4. The van der Waals surface area contributed by atoms with Crippen LogP contribution in [0.2, 0.25) is 0 Å². The van der Waals surface area contributed by atoms with Gasteiger partial charge in [-0.1, -0.05) is 42.8 Å². The number of carbonyl (C=O) groups excluding carboxylic acids is 2. The second-order valence-electron chi connectivity index (χ2n) is 7.58. The van der Waals surface area contributed by atoms with E-state index in [0.29, 0.717) is 29.7 Å². The first-order valence-electron chi connectivity index (χ1n) is 9.94. The van der Waals surface area contributed by atoms with Crippen LogP contribution in [0, 0.1) is 0 Å². The van der Waals surface area contributed by atoms with Crippen molar-refractivity contribution in [2.75, 3.05) is 0 Å². The molecule has 2 atom stereocenters. The molecule has 1 fully saturated rings. The van der Waals surface area contributed by atoms with Crippen LogP contribution in [0.5, 0.6) is 0 Å². The van der Waals surface area contributed by atoms with E-state index in [2.05, 4.69) is 5.32 Å². The van der Waals surface area contributed by atoms with Crippen LogP contribution < -0.4 is 5.32 Å². The van der Waals surface area contributed by atoms with Crippen LogP contribution in [0.25, 0.3) is 10.1 Å². The van der Waals surface area contributed by atoms with E-state index < -0.39 is 29.7 Å². The Morgan fingerprint density at radius 1 is 1.03 bits per heavy atom. The molecule has 3 aromatic rings. The fourth-order valence-corrected chi connectivity index (χ4v) is 5.31. The van der Waals surface area contributed by atoms with Crippen molar-refractivity contribution in [3.63, 3.8) is 0 Å². The van der Waals surface area contributed by atoms with Gasteiger partial charge in [-0.15, -0.1) is 11.3 Å². The van der Waals surface area contributed by atoms with Gasteiger partial charge in [0.1, 0.15) is 11.6 Å². The van der Waals surface area contributed by atoms with E-state index in [1.54, 1.807) is 36.4 Å². The van der Waals surface area contributed by atoms with Gasteiger partial charge in [0.2, 0.25) is 0 Å². The van der Waals surface area contributed by atoms with Gasteiger partial charge in [-0.3, -0.25) is 4.79 Å². The van der Waals surface area contributed by atoms with Crippen LogP contribution in [0.3, 0.4) is 0 Å². The Balaban J connectivity index is 1.76. The zero-order chi connectivity index (χ0) is 22.1. The van der Waals surface area contributed by atoms with E-state index in [9.17, 15) is 22.8 Å². The lowest BCUT2D eigenvalue weighted by molar-refractivity contribution is -0.178. The molecule has 2 aromatic carbocycles. The molecule has 162 valence electrons. The smallest absolute Gasteiger partial charge is 0.456 e. The molecule has 0 unspecified atom stereocenters. The number of ether oxygens (including phenoxy) is 1. The maximum absolute atomic E-state index is 13.2. The second kappa shape index (κ2) is 8.34. The highest BCUT2D eigenvalue weighted by Crippen LogP contribution is 2.44. The fourth-order valence-electron chi connectivity index (χ4n) is 4.03. The minimum Gasteiger partial charge on any atom is -0.456 e. The van der Waals surface area contributed by atoms with E-state index in [0.717, 1.165) is 10.1 Å². The number of fused-ring (bicyclic) bond motifs is 1. The molecule has 1 saturated carbocycles. The molecule has 8 heteroatoms. The van der Waals surface area contributed by atoms with E-state index in [4.69, 9.17) is 4.74 Å². The second-order valence-corrected chi connectivity index (χ2v) is 8.66. The van der Waals surface area contributed by atoms with Gasteiger partial charge in [0.25, 0.3) is 0 Å². The van der Waals surface area contributed by atoms with Gasteiger partial charge in [-0.05, 0) is 48.9 Å². The summed E-state index contributed by atoms with van der Waals surface area (Å²) in [6.45, 7) is 0. The van der Waals surface area contributed by atoms with Gasteiger partial charge in [0.15, 0.2) is 0 Å². The summed E-state index contributed by atoms with van der Waals surface area (Å²) in [6, 6.07) is 17.5. The Hall–Kier alpha value is -2.87. The van der Waals surface area contributed by atoms with Crippen molar-refractivity contribution in [2.45, 2.75) is 43.5 Å². The van der Waals surface area contributed by atoms with E-state index in [1.165, 1.54) is 11.3 Å². The summed E-state index contributed by atoms with van der Waals surface area (Å²) < 4.78 is 46.3. The highest BCUT2D eigenvalue weighted by atomic mass is 32.1. The molecule has 4 nitrogen and oxygen atoms in total. The average molecular weight is 447 g/mol. The number of nitrogens with one attached hydrogen (secondary N) is 1. The zero-order valence-corrected chi connectivity index (χ0v) is 17.3. The van der Waals surface area contributed by atoms with Gasteiger partial charge in [-0.2, -0.15) is 13.2 Å². The number of hydrogen-bond donors (Lipinski definition) is 1. The molecule has 1 aromatic heterocycles. The number of amides is 1. The fraction of sp³-hybridized carbons (Fsp3) is 0.304. The predicted molar refractivity (Wildman–Crippen MR) is 112 cm³/mol. The molecular weight excluding hydrogens is 427 g/mol. The van der Waals surface area contributed by atoms with Crippen molar-refractivity contribution in [2.24, 2.45) is 0 Å². The molecule has 31 heavy (non-hydrogen) atoms. The first-order chi connectivity index (χ1) is 14.8. The van der Waals surface area contributed by atoms with Gasteiger partial charge in [0, 0.05) is 9.58 Å². The number of thiophene rings is 1. The Kier molecular flexibility index (Phi) is 5.75. The summed E-state index contributed by atoms with van der Waals surface area (Å²) >= 11 is 1.31. The van der Waals surface area contributed by atoms with E-state index in [1.807, 2.05) is 24.3 Å². The minimum absolute atomic E-state index is 0.244. The molecule has 1 N–H and O–H groups in total. The third-order valence-corrected chi connectivity index (χ3v) is 6.85. The lowest BCUT2D eigenvalue weighted by atomic mass is 9.77. The van der Waals surface area contributed by atoms with Crippen molar-refractivity contribution in [3.05, 3.63) is 71.1 Å². The topological polar surface area (TPSA) is 55.4 Å². The SMILES string of the molecule is O=C(O[C@@H]1CCCC[C@@]1(NC(=O)C(F)(F)F)c1cc2ccccc2s1)c1ccccc1. The normalized spacial score (nSPS) is 21.6. The van der Waals surface area contributed by atoms with Gasteiger partial charge in [0.05, 0.1) is 5.56 Å². The molecule has 4 rings (SSSR count). The number of halogens is 3. The lowest BCUT2D eigenvalue weighted by Crippen LogP contribution is -2.59. The van der Waals surface area contributed by atoms with Crippen molar-refractivity contribution in [1.29, 1.82) is 0 Å². The first-order valence-corrected chi connectivity index (χ1v) is 10.8. The Labute approximate surface area is 181 Å². The molecule has 1 aliphatic rings. The zero-order valence-electron chi connectivity index (χ0n) is 16.4. The molecule has 1 aliphatic carbocycles. The molecule has 0 aliphatic heterocycles. The Morgan fingerprint density at radius 3 is 2.45 bits per heavy atom. The molecular formula is C23H20F3NO3S. The van der Waals surface area contributed by atoms with Crippen LogP contribution in [0.1, 0.15) is 40.9 Å². The molecule has 1 amide bonds. The maximum atomic E-state index is 13.2. The van der Waals surface area contributed by atoms with E-state index in [-0.39, 0.29) is 6.42 Å². The van der Waals surface area contributed by atoms with Gasteiger partial charge in [-0.25, -0.2) is 4.79 Å². The highest BCUT2D eigenvalue weighted by molar-refractivity contribution is 7.19. The van der Waals surface area contributed by atoms with Crippen molar-refractivity contribution in [1.82, 2.24) is 5.32 Å². The number of carbonyl (C=O) groups is 2. The summed E-state index contributed by atoms with van der Waals surface area (Å²) in [5, 5.41) is 3.09. The Bertz CT molecular complexity index is 1060. The van der Waals surface area contributed by atoms with Crippen LogP contribution in [-0.4, -0.2) is 24.2 Å². The number of rotatable bonds is 4. The predicted octanol–water partition coefficient (Wildman–Crippen LogP) is 5.57. The molecule has 0 spiro atoms. The molecule has 1 heterocycles. The van der Waals surface area contributed by atoms with Crippen LogP contribution >= 0.6 is 11.3 Å². The Morgan fingerprint density at radius 2 is 1.74 bits per heavy atom. The lowest BCUT2D eigenvalue weighted by Gasteiger charge is -2.43. The third kappa shape index (κ3) is 4.30. The standard InChI is InChI=1S/C23H20F3NO3S/c24-23(25,26)21(29)27-22(19-14-16-10-4-5-11-17(16)31-19)13-7-6-12-18(22)30-20(28)15-8-2-1-3-9-15/h1-5,8-11,14,18H,6-7,12-13H2,(H,27,29)/t18-,22+/m1/s1. The molecule has 0 bridgehead atoms. The monoisotopic (exact) mass is 447 g/mol. The highest BCUT2D eigenvalue weighted by Gasteiger charge is 2.51. The van der Waals surface area contributed by atoms with Crippen molar-refractivity contribution in [3.8, 4) is 0 Å². The number of benzene rings is 2. The van der Waals surface area contributed by atoms with Crippen molar-refractivity contribution >= 4 is 33.3 Å². The summed E-state index contributed by atoms with van der Waals surface area (Å²) in [7, 11) is 0. The quantitative estimate of drug-likeness (QED) is 0.532. The first kappa shape index (κ1) is 21.4.